The highest BCUT2D eigenvalue weighted by atomic mass is 35.5. The van der Waals surface area contributed by atoms with E-state index in [0.29, 0.717) is 56.4 Å². The van der Waals surface area contributed by atoms with Gasteiger partial charge in [-0.15, -0.1) is 0 Å². The largest absolute Gasteiger partial charge is 0.494 e. The van der Waals surface area contributed by atoms with E-state index in [0.717, 1.165) is 5.82 Å². The van der Waals surface area contributed by atoms with Gasteiger partial charge in [0.25, 0.3) is 0 Å². The molecule has 1 saturated heterocycles. The first kappa shape index (κ1) is 18.5. The zero-order valence-corrected chi connectivity index (χ0v) is 15.2. The molecule has 0 N–H and O–H groups in total. The fraction of sp³-hybridized carbons (Fsp3) is 0.368. The number of hydrogen-bond donors (Lipinski definition) is 0. The second kappa shape index (κ2) is 8.85. The number of carbonyl (C=O) groups is 1. The van der Waals surface area contributed by atoms with Crippen LogP contribution < -0.4 is 9.64 Å². The second-order valence-electron chi connectivity index (χ2n) is 6.08. The van der Waals surface area contributed by atoms with Crippen molar-refractivity contribution in [2.75, 3.05) is 37.7 Å². The van der Waals surface area contributed by atoms with Crippen molar-refractivity contribution in [3.05, 3.63) is 53.4 Å². The first-order valence-electron chi connectivity index (χ1n) is 8.65. The molecule has 5 nitrogen and oxygen atoms in total. The van der Waals surface area contributed by atoms with E-state index in [1.54, 1.807) is 24.4 Å². The Morgan fingerprint density at radius 2 is 1.88 bits per heavy atom. The third-order valence-electron chi connectivity index (χ3n) is 4.29. The van der Waals surface area contributed by atoms with Crippen molar-refractivity contribution in [1.82, 2.24) is 9.88 Å². The standard InChI is InChI=1S/C19H21ClFN3O2/c20-17-3-1-9-22-19(17)24-12-10-23(11-13-24)18(25)4-2-14-26-16-7-5-15(21)6-8-16/h1,3,5-9H,2,4,10-14H2. The SMILES string of the molecule is O=C(CCCOc1ccc(F)cc1)N1CCN(c2ncccc2Cl)CC1. The molecule has 0 radical (unpaired) electrons. The highest BCUT2D eigenvalue weighted by Crippen LogP contribution is 2.23. The first-order valence-corrected chi connectivity index (χ1v) is 9.03. The lowest BCUT2D eigenvalue weighted by Gasteiger charge is -2.35. The summed E-state index contributed by atoms with van der Waals surface area (Å²) in [6, 6.07) is 9.50. The molecule has 1 aromatic heterocycles. The minimum atomic E-state index is -0.293. The number of benzene rings is 1. The first-order chi connectivity index (χ1) is 12.6. The molecule has 0 aliphatic carbocycles. The molecule has 1 aromatic carbocycles. The van der Waals surface area contributed by atoms with Crippen molar-refractivity contribution < 1.29 is 13.9 Å². The minimum absolute atomic E-state index is 0.125. The van der Waals surface area contributed by atoms with Crippen molar-refractivity contribution in [2.45, 2.75) is 12.8 Å². The molecule has 138 valence electrons. The molecule has 0 spiro atoms. The number of halogens is 2. The van der Waals surface area contributed by atoms with E-state index in [1.165, 1.54) is 12.1 Å². The number of ether oxygens (including phenoxy) is 1. The molecule has 1 amide bonds. The Bertz CT molecular complexity index is 734. The van der Waals surface area contributed by atoms with Gasteiger partial charge in [0, 0.05) is 38.8 Å². The van der Waals surface area contributed by atoms with Crippen molar-refractivity contribution in [1.29, 1.82) is 0 Å². The minimum Gasteiger partial charge on any atom is -0.494 e. The molecule has 0 atom stereocenters. The molecule has 3 rings (SSSR count). The lowest BCUT2D eigenvalue weighted by Crippen LogP contribution is -2.49. The zero-order chi connectivity index (χ0) is 18.4. The molecular formula is C19H21ClFN3O2. The molecular weight excluding hydrogens is 357 g/mol. The van der Waals surface area contributed by atoms with Crippen LogP contribution in [-0.2, 0) is 4.79 Å². The van der Waals surface area contributed by atoms with Gasteiger partial charge in [0.1, 0.15) is 17.4 Å². The van der Waals surface area contributed by atoms with Crippen LogP contribution in [-0.4, -0.2) is 48.6 Å². The van der Waals surface area contributed by atoms with Crippen LogP contribution in [0.15, 0.2) is 42.6 Å². The highest BCUT2D eigenvalue weighted by molar-refractivity contribution is 6.32. The molecule has 1 aliphatic rings. The summed E-state index contributed by atoms with van der Waals surface area (Å²) >= 11 is 6.18. The van der Waals surface area contributed by atoms with Gasteiger partial charge in [-0.05, 0) is 42.8 Å². The summed E-state index contributed by atoms with van der Waals surface area (Å²) in [6.07, 6.45) is 2.79. The molecule has 1 aliphatic heterocycles. The quantitative estimate of drug-likeness (QED) is 0.724. The van der Waals surface area contributed by atoms with E-state index in [9.17, 15) is 9.18 Å². The Hall–Kier alpha value is -2.34. The molecule has 26 heavy (non-hydrogen) atoms. The maximum absolute atomic E-state index is 12.8. The van der Waals surface area contributed by atoms with Crippen molar-refractivity contribution >= 4 is 23.3 Å². The smallest absolute Gasteiger partial charge is 0.222 e. The van der Waals surface area contributed by atoms with E-state index >= 15 is 0 Å². The van der Waals surface area contributed by atoms with Gasteiger partial charge in [0.05, 0.1) is 11.6 Å². The van der Waals surface area contributed by atoms with Crippen molar-refractivity contribution in [3.8, 4) is 5.75 Å². The number of amides is 1. The Morgan fingerprint density at radius 1 is 1.15 bits per heavy atom. The summed E-state index contributed by atoms with van der Waals surface area (Å²) in [5.74, 6) is 1.21. The molecule has 7 heteroatoms. The van der Waals surface area contributed by atoms with Crippen LogP contribution in [0.2, 0.25) is 5.02 Å². The van der Waals surface area contributed by atoms with Crippen LogP contribution in [0.4, 0.5) is 10.2 Å². The highest BCUT2D eigenvalue weighted by Gasteiger charge is 2.22. The van der Waals surface area contributed by atoms with E-state index in [1.807, 2.05) is 11.0 Å². The molecule has 2 aromatic rings. The van der Waals surface area contributed by atoms with Gasteiger partial charge < -0.3 is 14.5 Å². The molecule has 1 fully saturated rings. The number of piperazine rings is 1. The lowest BCUT2D eigenvalue weighted by molar-refractivity contribution is -0.131. The van der Waals surface area contributed by atoms with Gasteiger partial charge in [-0.3, -0.25) is 4.79 Å². The summed E-state index contributed by atoms with van der Waals surface area (Å²) in [4.78, 5) is 20.6. The van der Waals surface area contributed by atoms with E-state index in [4.69, 9.17) is 16.3 Å². The van der Waals surface area contributed by atoms with Gasteiger partial charge in [-0.1, -0.05) is 11.6 Å². The summed E-state index contributed by atoms with van der Waals surface area (Å²) in [7, 11) is 0. The average Bonchev–Trinajstić information content (AvgIpc) is 2.67. The normalized spacial score (nSPS) is 14.4. The van der Waals surface area contributed by atoms with E-state index < -0.39 is 0 Å². The van der Waals surface area contributed by atoms with Crippen LogP contribution in [0, 0.1) is 5.82 Å². The molecule has 0 saturated carbocycles. The Morgan fingerprint density at radius 3 is 2.58 bits per heavy atom. The number of nitrogens with zero attached hydrogens (tertiary/aromatic N) is 3. The number of anilines is 1. The topological polar surface area (TPSA) is 45.7 Å². The van der Waals surface area contributed by atoms with Crippen LogP contribution in [0.25, 0.3) is 0 Å². The van der Waals surface area contributed by atoms with Gasteiger partial charge in [0.2, 0.25) is 5.91 Å². The Balaban J connectivity index is 1.38. The maximum Gasteiger partial charge on any atom is 0.222 e. The predicted octanol–water partition coefficient (Wildman–Crippen LogP) is 3.38. The number of rotatable bonds is 6. The summed E-state index contributed by atoms with van der Waals surface area (Å²) in [5.41, 5.74) is 0. The Kier molecular flexibility index (Phi) is 6.28. The molecule has 0 bridgehead atoms. The summed E-state index contributed by atoms with van der Waals surface area (Å²) in [6.45, 7) is 3.18. The third kappa shape index (κ3) is 4.85. The molecule has 0 unspecified atom stereocenters. The number of carbonyl (C=O) groups excluding carboxylic acids is 1. The second-order valence-corrected chi connectivity index (χ2v) is 6.49. The van der Waals surface area contributed by atoms with Crippen LogP contribution >= 0.6 is 11.6 Å². The van der Waals surface area contributed by atoms with Crippen LogP contribution in [0.1, 0.15) is 12.8 Å². The summed E-state index contributed by atoms with van der Waals surface area (Å²) in [5, 5.41) is 0.630. The number of aromatic nitrogens is 1. The summed E-state index contributed by atoms with van der Waals surface area (Å²) < 4.78 is 18.3. The predicted molar refractivity (Wildman–Crippen MR) is 99.2 cm³/mol. The molecule has 2 heterocycles. The van der Waals surface area contributed by atoms with Crippen molar-refractivity contribution in [2.24, 2.45) is 0 Å². The van der Waals surface area contributed by atoms with Crippen molar-refractivity contribution in [3.63, 3.8) is 0 Å². The van der Waals surface area contributed by atoms with Gasteiger partial charge in [0.15, 0.2) is 0 Å². The lowest BCUT2D eigenvalue weighted by atomic mass is 10.2. The van der Waals surface area contributed by atoms with E-state index in [-0.39, 0.29) is 11.7 Å². The maximum atomic E-state index is 12.8. The van der Waals surface area contributed by atoms with Gasteiger partial charge in [-0.2, -0.15) is 0 Å². The van der Waals surface area contributed by atoms with Crippen LogP contribution in [0.5, 0.6) is 5.75 Å². The van der Waals surface area contributed by atoms with Crippen LogP contribution in [0.3, 0.4) is 0 Å². The number of pyridine rings is 1. The van der Waals surface area contributed by atoms with Gasteiger partial charge >= 0.3 is 0 Å². The van der Waals surface area contributed by atoms with Gasteiger partial charge in [-0.25, -0.2) is 9.37 Å². The average molecular weight is 378 g/mol. The fourth-order valence-corrected chi connectivity index (χ4v) is 3.12. The zero-order valence-electron chi connectivity index (χ0n) is 14.4. The third-order valence-corrected chi connectivity index (χ3v) is 4.58. The number of hydrogen-bond acceptors (Lipinski definition) is 4. The monoisotopic (exact) mass is 377 g/mol. The Labute approximate surface area is 157 Å². The fourth-order valence-electron chi connectivity index (χ4n) is 2.88. The van der Waals surface area contributed by atoms with E-state index in [2.05, 4.69) is 9.88 Å².